The van der Waals surface area contributed by atoms with E-state index in [4.69, 9.17) is 0 Å². The van der Waals surface area contributed by atoms with Crippen molar-refractivity contribution in [2.24, 2.45) is 5.92 Å². The number of carbonyl (C=O) groups excluding carboxylic acids is 1. The summed E-state index contributed by atoms with van der Waals surface area (Å²) < 4.78 is 23.2. The second-order valence-electron chi connectivity index (χ2n) is 6.88. The number of hydrogen-bond donors (Lipinski definition) is 1. The number of benzene rings is 1. The molecule has 2 heterocycles. The molecule has 1 aromatic carbocycles. The van der Waals surface area contributed by atoms with E-state index in [1.807, 2.05) is 4.90 Å². The van der Waals surface area contributed by atoms with Crippen LogP contribution in [-0.2, 0) is 21.1 Å². The first-order valence-corrected chi connectivity index (χ1v) is 10.6. The molecule has 2 saturated heterocycles. The van der Waals surface area contributed by atoms with Gasteiger partial charge in [0.15, 0.2) is 9.84 Å². The maximum atomic E-state index is 12.8. The van der Waals surface area contributed by atoms with Crippen LogP contribution in [0.25, 0.3) is 0 Å². The molecule has 1 aromatic rings. The van der Waals surface area contributed by atoms with Gasteiger partial charge in [0.25, 0.3) is 0 Å². The largest absolute Gasteiger partial charge is 0.333 e. The predicted molar refractivity (Wildman–Crippen MR) is 102 cm³/mol. The predicted octanol–water partition coefficient (Wildman–Crippen LogP) is 1.97. The Bertz CT molecular complexity index is 691. The van der Waals surface area contributed by atoms with Crippen molar-refractivity contribution in [3.63, 3.8) is 0 Å². The van der Waals surface area contributed by atoms with E-state index < -0.39 is 9.84 Å². The average molecular weight is 387 g/mol. The molecular formula is C18H27ClN2O3S. The minimum atomic E-state index is -2.93. The van der Waals surface area contributed by atoms with Crippen LogP contribution in [0.15, 0.2) is 24.3 Å². The molecule has 25 heavy (non-hydrogen) atoms. The number of piperazine rings is 1. The maximum absolute atomic E-state index is 12.8. The van der Waals surface area contributed by atoms with Crippen LogP contribution in [0.4, 0.5) is 0 Å². The summed E-state index contributed by atoms with van der Waals surface area (Å²) in [6.07, 6.45) is 1.97. The molecule has 0 aliphatic carbocycles. The van der Waals surface area contributed by atoms with E-state index in [-0.39, 0.29) is 41.8 Å². The number of nitrogens with zero attached hydrogens (tertiary/aromatic N) is 1. The third kappa shape index (κ3) is 4.96. The summed E-state index contributed by atoms with van der Waals surface area (Å²) in [4.78, 5) is 14.7. The van der Waals surface area contributed by atoms with Gasteiger partial charge < -0.3 is 10.2 Å². The highest BCUT2D eigenvalue weighted by molar-refractivity contribution is 7.91. The molecular weight excluding hydrogens is 360 g/mol. The van der Waals surface area contributed by atoms with Crippen molar-refractivity contribution in [1.82, 2.24) is 10.2 Å². The summed E-state index contributed by atoms with van der Waals surface area (Å²) in [5, 5.41) is 3.36. The minimum Gasteiger partial charge on any atom is -0.333 e. The Morgan fingerprint density at radius 3 is 2.60 bits per heavy atom. The van der Waals surface area contributed by atoms with Gasteiger partial charge in [0, 0.05) is 26.1 Å². The first-order chi connectivity index (χ1) is 11.5. The van der Waals surface area contributed by atoms with Crippen molar-refractivity contribution in [3.05, 3.63) is 35.4 Å². The molecule has 0 bridgehead atoms. The molecule has 0 aromatic heterocycles. The van der Waals surface area contributed by atoms with Gasteiger partial charge in [-0.3, -0.25) is 4.79 Å². The van der Waals surface area contributed by atoms with Gasteiger partial charge in [-0.25, -0.2) is 8.42 Å². The Kier molecular flexibility index (Phi) is 6.88. The van der Waals surface area contributed by atoms with Gasteiger partial charge in [0.1, 0.15) is 0 Å². The fraction of sp³-hybridized carbons (Fsp3) is 0.611. The zero-order valence-corrected chi connectivity index (χ0v) is 16.2. The molecule has 5 nitrogen and oxygen atoms in total. The van der Waals surface area contributed by atoms with Crippen LogP contribution in [0.5, 0.6) is 0 Å². The SMILES string of the molecule is CCc1ccc(C2CNCCN2C(=O)CC2CCS(=O)(=O)C2)cc1.Cl. The summed E-state index contributed by atoms with van der Waals surface area (Å²) >= 11 is 0. The average Bonchev–Trinajstić information content (AvgIpc) is 2.93. The highest BCUT2D eigenvalue weighted by Gasteiger charge is 2.33. The van der Waals surface area contributed by atoms with Crippen LogP contribution >= 0.6 is 12.4 Å². The Morgan fingerprint density at radius 2 is 2.00 bits per heavy atom. The van der Waals surface area contributed by atoms with Gasteiger partial charge in [-0.15, -0.1) is 12.4 Å². The fourth-order valence-electron chi connectivity index (χ4n) is 3.67. The van der Waals surface area contributed by atoms with Crippen molar-refractivity contribution >= 4 is 28.2 Å². The van der Waals surface area contributed by atoms with Crippen LogP contribution in [0, 0.1) is 5.92 Å². The second kappa shape index (κ2) is 8.52. The van der Waals surface area contributed by atoms with Crippen LogP contribution < -0.4 is 5.32 Å². The quantitative estimate of drug-likeness (QED) is 0.859. The summed E-state index contributed by atoms with van der Waals surface area (Å²) in [7, 11) is -2.93. The Balaban J connectivity index is 0.00000225. The summed E-state index contributed by atoms with van der Waals surface area (Å²) in [5.74, 6) is 0.471. The third-order valence-corrected chi connectivity index (χ3v) is 6.96. The van der Waals surface area contributed by atoms with Crippen molar-refractivity contribution in [2.45, 2.75) is 32.2 Å². The van der Waals surface area contributed by atoms with E-state index in [0.717, 1.165) is 25.1 Å². The van der Waals surface area contributed by atoms with Gasteiger partial charge in [-0.05, 0) is 29.9 Å². The number of amides is 1. The molecule has 2 aliphatic heterocycles. The first kappa shape index (κ1) is 20.2. The van der Waals surface area contributed by atoms with Crippen LogP contribution in [0.3, 0.4) is 0 Å². The molecule has 0 saturated carbocycles. The standard InChI is InChI=1S/C18H26N2O3S.ClH/c1-2-14-3-5-16(6-4-14)17-12-19-8-9-20(17)18(21)11-15-7-10-24(22,23)13-15;/h3-6,15,17,19H,2,7-13H2,1H3;1H. The molecule has 0 spiro atoms. The normalized spacial score (nSPS) is 25.4. The van der Waals surface area contributed by atoms with Gasteiger partial charge >= 0.3 is 0 Å². The monoisotopic (exact) mass is 386 g/mol. The molecule has 1 amide bonds. The van der Waals surface area contributed by atoms with Gasteiger partial charge in [-0.2, -0.15) is 0 Å². The van der Waals surface area contributed by atoms with Crippen molar-refractivity contribution < 1.29 is 13.2 Å². The summed E-state index contributed by atoms with van der Waals surface area (Å²) in [6.45, 7) is 4.35. The Morgan fingerprint density at radius 1 is 1.28 bits per heavy atom. The number of carbonyl (C=O) groups is 1. The highest BCUT2D eigenvalue weighted by atomic mass is 35.5. The topological polar surface area (TPSA) is 66.5 Å². The van der Waals surface area contributed by atoms with Crippen molar-refractivity contribution in [2.75, 3.05) is 31.1 Å². The smallest absolute Gasteiger partial charge is 0.223 e. The lowest BCUT2D eigenvalue weighted by molar-refractivity contribution is -0.135. The van der Waals surface area contributed by atoms with Gasteiger partial charge in [-0.1, -0.05) is 31.2 Å². The van der Waals surface area contributed by atoms with E-state index in [2.05, 4.69) is 36.5 Å². The lowest BCUT2D eigenvalue weighted by atomic mass is 9.98. The lowest BCUT2D eigenvalue weighted by Crippen LogP contribution is -2.49. The van der Waals surface area contributed by atoms with Crippen LogP contribution in [0.2, 0.25) is 0 Å². The molecule has 2 unspecified atom stereocenters. The van der Waals surface area contributed by atoms with E-state index in [9.17, 15) is 13.2 Å². The maximum Gasteiger partial charge on any atom is 0.223 e. The van der Waals surface area contributed by atoms with E-state index in [1.165, 1.54) is 5.56 Å². The van der Waals surface area contributed by atoms with Crippen LogP contribution in [-0.4, -0.2) is 50.4 Å². The van der Waals surface area contributed by atoms with Gasteiger partial charge in [0.2, 0.25) is 5.91 Å². The number of aryl methyl sites for hydroxylation is 1. The zero-order valence-electron chi connectivity index (χ0n) is 14.6. The summed E-state index contributed by atoms with van der Waals surface area (Å²) in [6, 6.07) is 8.50. The van der Waals surface area contributed by atoms with E-state index in [1.54, 1.807) is 0 Å². The lowest BCUT2D eigenvalue weighted by Gasteiger charge is -2.37. The number of rotatable bonds is 4. The number of halogens is 1. The molecule has 3 rings (SSSR count). The van der Waals surface area contributed by atoms with E-state index in [0.29, 0.717) is 19.4 Å². The molecule has 0 radical (unpaired) electrons. The number of sulfone groups is 1. The van der Waals surface area contributed by atoms with E-state index >= 15 is 0 Å². The number of hydrogen-bond acceptors (Lipinski definition) is 4. The van der Waals surface area contributed by atoms with Crippen LogP contribution in [0.1, 0.15) is 36.9 Å². The fourth-order valence-corrected chi connectivity index (χ4v) is 5.54. The minimum absolute atomic E-state index is 0. The van der Waals surface area contributed by atoms with Crippen molar-refractivity contribution in [1.29, 1.82) is 0 Å². The molecule has 2 fully saturated rings. The molecule has 1 N–H and O–H groups in total. The zero-order chi connectivity index (χ0) is 17.2. The molecule has 140 valence electrons. The molecule has 2 atom stereocenters. The third-order valence-electron chi connectivity index (χ3n) is 5.13. The second-order valence-corrected chi connectivity index (χ2v) is 9.10. The van der Waals surface area contributed by atoms with Gasteiger partial charge in [0.05, 0.1) is 17.5 Å². The Labute approximate surface area is 156 Å². The number of nitrogens with one attached hydrogen (secondary N) is 1. The highest BCUT2D eigenvalue weighted by Crippen LogP contribution is 2.27. The van der Waals surface area contributed by atoms with Crippen molar-refractivity contribution in [3.8, 4) is 0 Å². The molecule has 7 heteroatoms. The first-order valence-electron chi connectivity index (χ1n) is 8.78. The molecule has 2 aliphatic rings. The Hall–Kier alpha value is -1.11. The summed E-state index contributed by atoms with van der Waals surface area (Å²) in [5.41, 5.74) is 2.43.